The lowest BCUT2D eigenvalue weighted by molar-refractivity contribution is -0.140. The van der Waals surface area contributed by atoms with Gasteiger partial charge in [-0.1, -0.05) is 24.3 Å². The number of carbonyl (C=O) groups is 2. The van der Waals surface area contributed by atoms with Crippen molar-refractivity contribution in [2.45, 2.75) is 19.0 Å². The number of carbonyl (C=O) groups excluding carboxylic acids is 1. The third-order valence-electron chi connectivity index (χ3n) is 3.33. The van der Waals surface area contributed by atoms with Gasteiger partial charge in [0.25, 0.3) is 0 Å². The second-order valence-corrected chi connectivity index (χ2v) is 4.85. The van der Waals surface area contributed by atoms with Crippen LogP contribution in [0.4, 0.5) is 4.79 Å². The van der Waals surface area contributed by atoms with Gasteiger partial charge in [0, 0.05) is 6.54 Å². The summed E-state index contributed by atoms with van der Waals surface area (Å²) in [6.07, 6.45) is 3.72. The second-order valence-electron chi connectivity index (χ2n) is 4.85. The molecule has 0 heterocycles. The van der Waals surface area contributed by atoms with Crippen molar-refractivity contribution in [2.75, 3.05) is 7.11 Å². The number of ether oxygens (including phenoxy) is 1. The lowest BCUT2D eigenvalue weighted by atomic mass is 10.1. The Morgan fingerprint density at radius 3 is 2.57 bits per heavy atom. The molecule has 0 bridgehead atoms. The van der Waals surface area contributed by atoms with Crippen LogP contribution in [0.1, 0.15) is 12.0 Å². The van der Waals surface area contributed by atoms with Crippen LogP contribution in [-0.2, 0) is 11.3 Å². The van der Waals surface area contributed by atoms with Crippen molar-refractivity contribution in [2.24, 2.45) is 5.92 Å². The van der Waals surface area contributed by atoms with Gasteiger partial charge < -0.3 is 20.5 Å². The van der Waals surface area contributed by atoms with Gasteiger partial charge in [-0.15, -0.1) is 0 Å². The average molecular weight is 290 g/mol. The normalized spacial score (nSPS) is 20.0. The standard InChI is InChI=1S/C15H18N2O4/c1-21-13-6-2-10(3-7-13)9-16-15(20)17-12-5-4-11(8-12)14(18)19/h2-7,11-12H,8-9H2,1H3,(H,18,19)(H2,16,17,20). The molecule has 1 aliphatic carbocycles. The molecule has 2 unspecified atom stereocenters. The Bertz CT molecular complexity index is 539. The van der Waals surface area contributed by atoms with Gasteiger partial charge in [0.15, 0.2) is 0 Å². The molecule has 0 saturated carbocycles. The summed E-state index contributed by atoms with van der Waals surface area (Å²) in [6, 6.07) is 6.84. The fourth-order valence-electron chi connectivity index (χ4n) is 2.13. The summed E-state index contributed by atoms with van der Waals surface area (Å²) in [5.41, 5.74) is 0.955. The number of methoxy groups -OCH3 is 1. The van der Waals surface area contributed by atoms with Crippen LogP contribution in [-0.4, -0.2) is 30.3 Å². The number of carboxylic acids is 1. The van der Waals surface area contributed by atoms with E-state index in [-0.39, 0.29) is 12.1 Å². The number of rotatable bonds is 5. The summed E-state index contributed by atoms with van der Waals surface area (Å²) < 4.78 is 5.06. The van der Waals surface area contributed by atoms with Crippen molar-refractivity contribution in [1.82, 2.24) is 10.6 Å². The fraction of sp³-hybridized carbons (Fsp3) is 0.333. The van der Waals surface area contributed by atoms with Crippen LogP contribution < -0.4 is 15.4 Å². The zero-order valence-electron chi connectivity index (χ0n) is 11.7. The summed E-state index contributed by atoms with van der Waals surface area (Å²) in [4.78, 5) is 22.5. The van der Waals surface area contributed by atoms with E-state index in [1.165, 1.54) is 0 Å². The van der Waals surface area contributed by atoms with Crippen molar-refractivity contribution in [1.29, 1.82) is 0 Å². The maximum Gasteiger partial charge on any atom is 0.315 e. The van der Waals surface area contributed by atoms with E-state index in [1.807, 2.05) is 24.3 Å². The molecule has 0 aromatic heterocycles. The van der Waals surface area contributed by atoms with E-state index >= 15 is 0 Å². The van der Waals surface area contributed by atoms with E-state index in [1.54, 1.807) is 19.3 Å². The molecule has 2 atom stereocenters. The fourth-order valence-corrected chi connectivity index (χ4v) is 2.13. The number of hydrogen-bond donors (Lipinski definition) is 3. The van der Waals surface area contributed by atoms with E-state index < -0.39 is 11.9 Å². The highest BCUT2D eigenvalue weighted by atomic mass is 16.5. The number of benzene rings is 1. The summed E-state index contributed by atoms with van der Waals surface area (Å²) in [7, 11) is 1.60. The first-order chi connectivity index (χ1) is 10.1. The Labute approximate surface area is 122 Å². The van der Waals surface area contributed by atoms with Gasteiger partial charge in [-0.25, -0.2) is 4.79 Å². The van der Waals surface area contributed by atoms with E-state index in [0.717, 1.165) is 11.3 Å². The molecule has 0 saturated heterocycles. The lowest BCUT2D eigenvalue weighted by Crippen LogP contribution is -2.40. The number of urea groups is 1. The zero-order chi connectivity index (χ0) is 15.2. The van der Waals surface area contributed by atoms with Gasteiger partial charge in [-0.05, 0) is 24.1 Å². The number of carboxylic acid groups (broad SMARTS) is 1. The summed E-state index contributed by atoms with van der Waals surface area (Å²) >= 11 is 0. The largest absolute Gasteiger partial charge is 0.497 e. The van der Waals surface area contributed by atoms with Crippen LogP contribution in [0.15, 0.2) is 36.4 Å². The predicted molar refractivity (Wildman–Crippen MR) is 77.0 cm³/mol. The van der Waals surface area contributed by atoms with Gasteiger partial charge in [0.1, 0.15) is 5.75 Å². The van der Waals surface area contributed by atoms with Crippen molar-refractivity contribution in [3.05, 3.63) is 42.0 Å². The molecule has 0 spiro atoms. The molecule has 6 nitrogen and oxygen atoms in total. The highest BCUT2D eigenvalue weighted by Gasteiger charge is 2.25. The van der Waals surface area contributed by atoms with Gasteiger partial charge >= 0.3 is 12.0 Å². The third-order valence-corrected chi connectivity index (χ3v) is 3.33. The van der Waals surface area contributed by atoms with Gasteiger partial charge in [-0.2, -0.15) is 0 Å². The number of amides is 2. The van der Waals surface area contributed by atoms with E-state index in [9.17, 15) is 9.59 Å². The summed E-state index contributed by atoms with van der Waals surface area (Å²) in [5.74, 6) is -0.620. The zero-order valence-corrected chi connectivity index (χ0v) is 11.7. The SMILES string of the molecule is COc1ccc(CNC(=O)NC2C=CC(C(=O)O)C2)cc1. The lowest BCUT2D eigenvalue weighted by Gasteiger charge is -2.13. The van der Waals surface area contributed by atoms with E-state index in [2.05, 4.69) is 10.6 Å². The first kappa shape index (κ1) is 14.9. The van der Waals surface area contributed by atoms with Crippen molar-refractivity contribution in [3.63, 3.8) is 0 Å². The van der Waals surface area contributed by atoms with Crippen LogP contribution >= 0.6 is 0 Å². The monoisotopic (exact) mass is 290 g/mol. The molecule has 6 heteroatoms. The Morgan fingerprint density at radius 1 is 1.29 bits per heavy atom. The highest BCUT2D eigenvalue weighted by molar-refractivity contribution is 5.76. The molecule has 0 radical (unpaired) electrons. The first-order valence-electron chi connectivity index (χ1n) is 6.67. The smallest absolute Gasteiger partial charge is 0.315 e. The highest BCUT2D eigenvalue weighted by Crippen LogP contribution is 2.17. The molecule has 1 aromatic carbocycles. The molecule has 21 heavy (non-hydrogen) atoms. The minimum absolute atomic E-state index is 0.234. The molecule has 3 N–H and O–H groups in total. The van der Waals surface area contributed by atoms with Gasteiger partial charge in [-0.3, -0.25) is 4.79 Å². The van der Waals surface area contributed by atoms with E-state index in [4.69, 9.17) is 9.84 Å². The number of nitrogens with one attached hydrogen (secondary N) is 2. The van der Waals surface area contributed by atoms with Gasteiger partial charge in [0.2, 0.25) is 0 Å². The van der Waals surface area contributed by atoms with Gasteiger partial charge in [0.05, 0.1) is 19.1 Å². The maximum atomic E-state index is 11.7. The first-order valence-corrected chi connectivity index (χ1v) is 6.67. The maximum absolute atomic E-state index is 11.7. The molecular formula is C15H18N2O4. The Kier molecular flexibility index (Phi) is 4.81. The quantitative estimate of drug-likeness (QED) is 0.718. The Balaban J connectivity index is 1.75. The molecule has 2 amide bonds. The second kappa shape index (κ2) is 6.78. The number of hydrogen-bond acceptors (Lipinski definition) is 3. The average Bonchev–Trinajstić information content (AvgIpc) is 2.94. The number of aliphatic carboxylic acids is 1. The molecule has 0 fully saturated rings. The molecule has 0 aliphatic heterocycles. The third kappa shape index (κ3) is 4.24. The molecule has 2 rings (SSSR count). The minimum Gasteiger partial charge on any atom is -0.497 e. The molecule has 1 aromatic rings. The Hall–Kier alpha value is -2.50. The van der Waals surface area contributed by atoms with Crippen LogP contribution in [0.3, 0.4) is 0 Å². The summed E-state index contributed by atoms with van der Waals surface area (Å²) in [6.45, 7) is 0.397. The Morgan fingerprint density at radius 2 is 2.00 bits per heavy atom. The van der Waals surface area contributed by atoms with Crippen molar-refractivity contribution in [3.8, 4) is 5.75 Å². The molecular weight excluding hydrogens is 272 g/mol. The predicted octanol–water partition coefficient (Wildman–Crippen LogP) is 1.52. The van der Waals surface area contributed by atoms with Crippen LogP contribution in [0, 0.1) is 5.92 Å². The van der Waals surface area contributed by atoms with E-state index in [0.29, 0.717) is 13.0 Å². The van der Waals surface area contributed by atoms with Crippen molar-refractivity contribution < 1.29 is 19.4 Å². The minimum atomic E-state index is -0.866. The van der Waals surface area contributed by atoms with Crippen LogP contribution in [0.5, 0.6) is 5.75 Å². The van der Waals surface area contributed by atoms with Crippen molar-refractivity contribution >= 4 is 12.0 Å². The molecule has 112 valence electrons. The molecule has 1 aliphatic rings. The van der Waals surface area contributed by atoms with Crippen LogP contribution in [0.2, 0.25) is 0 Å². The topological polar surface area (TPSA) is 87.7 Å². The summed E-state index contributed by atoms with van der Waals surface area (Å²) in [5, 5.41) is 14.3. The van der Waals surface area contributed by atoms with Crippen LogP contribution in [0.25, 0.3) is 0 Å².